The Morgan fingerprint density at radius 3 is 2.78 bits per heavy atom. The normalized spacial score (nSPS) is 26.8. The quantitative estimate of drug-likeness (QED) is 0.732. The Labute approximate surface area is 117 Å². The Kier molecular flexibility index (Phi) is 6.88. The van der Waals surface area contributed by atoms with Crippen molar-refractivity contribution in [1.82, 2.24) is 5.32 Å². The van der Waals surface area contributed by atoms with Gasteiger partial charge in [0.05, 0.1) is 6.61 Å². The summed E-state index contributed by atoms with van der Waals surface area (Å²) in [5, 5.41) is 3.74. The highest BCUT2D eigenvalue weighted by Gasteiger charge is 2.25. The Hall–Kier alpha value is 0.270. The Balaban J connectivity index is 1.66. The number of hydrogen-bond donors (Lipinski definition) is 1. The third-order valence-corrected chi connectivity index (χ3v) is 5.62. The summed E-state index contributed by atoms with van der Waals surface area (Å²) in [6, 6.07) is 0.679. The SMILES string of the molecule is CCCNC(CSCC1CCCC1)C1CCOC1. The van der Waals surface area contributed by atoms with Crippen molar-refractivity contribution in [2.24, 2.45) is 11.8 Å². The fourth-order valence-electron chi connectivity index (χ4n) is 3.10. The van der Waals surface area contributed by atoms with E-state index in [4.69, 9.17) is 4.74 Å². The van der Waals surface area contributed by atoms with E-state index in [1.165, 1.54) is 50.0 Å². The zero-order chi connectivity index (χ0) is 12.6. The van der Waals surface area contributed by atoms with Crippen LogP contribution in [0.5, 0.6) is 0 Å². The minimum absolute atomic E-state index is 0.679. The number of hydrogen-bond acceptors (Lipinski definition) is 3. The molecular weight excluding hydrogens is 242 g/mol. The second-order valence-electron chi connectivity index (χ2n) is 5.87. The topological polar surface area (TPSA) is 21.3 Å². The monoisotopic (exact) mass is 271 g/mol. The van der Waals surface area contributed by atoms with E-state index in [0.717, 1.165) is 31.6 Å². The fraction of sp³-hybridized carbons (Fsp3) is 1.00. The second kappa shape index (κ2) is 8.44. The van der Waals surface area contributed by atoms with Gasteiger partial charge in [-0.05, 0) is 43.9 Å². The van der Waals surface area contributed by atoms with Gasteiger partial charge in [-0.25, -0.2) is 0 Å². The lowest BCUT2D eigenvalue weighted by Crippen LogP contribution is -2.39. The maximum absolute atomic E-state index is 5.55. The lowest BCUT2D eigenvalue weighted by molar-refractivity contribution is 0.179. The van der Waals surface area contributed by atoms with E-state index in [0.29, 0.717) is 6.04 Å². The van der Waals surface area contributed by atoms with Crippen molar-refractivity contribution in [3.8, 4) is 0 Å². The molecule has 2 rings (SSSR count). The summed E-state index contributed by atoms with van der Waals surface area (Å²) in [5.74, 6) is 4.44. The molecule has 1 aliphatic carbocycles. The van der Waals surface area contributed by atoms with E-state index in [9.17, 15) is 0 Å². The van der Waals surface area contributed by atoms with Gasteiger partial charge in [0.25, 0.3) is 0 Å². The van der Waals surface area contributed by atoms with E-state index in [1.807, 2.05) is 0 Å². The molecule has 2 atom stereocenters. The lowest BCUT2D eigenvalue weighted by Gasteiger charge is -2.24. The molecule has 1 N–H and O–H groups in total. The van der Waals surface area contributed by atoms with Gasteiger partial charge >= 0.3 is 0 Å². The van der Waals surface area contributed by atoms with Gasteiger partial charge in [-0.2, -0.15) is 11.8 Å². The molecule has 0 amide bonds. The molecule has 0 radical (unpaired) electrons. The summed E-state index contributed by atoms with van der Waals surface area (Å²) in [5.41, 5.74) is 0. The molecule has 0 aromatic heterocycles. The van der Waals surface area contributed by atoms with Gasteiger partial charge in [0.15, 0.2) is 0 Å². The summed E-state index contributed by atoms with van der Waals surface area (Å²) < 4.78 is 5.55. The van der Waals surface area contributed by atoms with Crippen LogP contribution in [0.3, 0.4) is 0 Å². The van der Waals surface area contributed by atoms with Gasteiger partial charge in [-0.1, -0.05) is 19.8 Å². The molecule has 18 heavy (non-hydrogen) atoms. The average molecular weight is 271 g/mol. The van der Waals surface area contributed by atoms with Crippen LogP contribution in [-0.4, -0.2) is 37.3 Å². The largest absolute Gasteiger partial charge is 0.381 e. The summed E-state index contributed by atoms with van der Waals surface area (Å²) in [6.45, 7) is 5.36. The minimum atomic E-state index is 0.679. The number of ether oxygens (including phenoxy) is 1. The van der Waals surface area contributed by atoms with Crippen molar-refractivity contribution < 1.29 is 4.74 Å². The molecule has 2 aliphatic rings. The molecular formula is C15H29NOS. The highest BCUT2D eigenvalue weighted by atomic mass is 32.2. The van der Waals surface area contributed by atoms with Crippen LogP contribution >= 0.6 is 11.8 Å². The molecule has 2 fully saturated rings. The summed E-state index contributed by atoms with van der Waals surface area (Å²) >= 11 is 2.18. The van der Waals surface area contributed by atoms with E-state index in [1.54, 1.807) is 0 Å². The standard InChI is InChI=1S/C15H29NOS/c1-2-8-16-15(14-7-9-17-10-14)12-18-11-13-5-3-4-6-13/h13-16H,2-12H2,1H3. The van der Waals surface area contributed by atoms with Crippen LogP contribution in [0.2, 0.25) is 0 Å². The smallest absolute Gasteiger partial charge is 0.0510 e. The first kappa shape index (κ1) is 14.7. The summed E-state index contributed by atoms with van der Waals surface area (Å²) in [6.07, 6.45) is 8.39. The zero-order valence-corrected chi connectivity index (χ0v) is 12.6. The maximum Gasteiger partial charge on any atom is 0.0510 e. The van der Waals surface area contributed by atoms with Crippen molar-refractivity contribution in [2.45, 2.75) is 51.5 Å². The molecule has 3 heteroatoms. The Bertz CT molecular complexity index is 213. The molecule has 2 nitrogen and oxygen atoms in total. The van der Waals surface area contributed by atoms with Crippen LogP contribution in [0.4, 0.5) is 0 Å². The highest BCUT2D eigenvalue weighted by Crippen LogP contribution is 2.29. The van der Waals surface area contributed by atoms with Crippen LogP contribution in [-0.2, 0) is 4.74 Å². The molecule has 1 aliphatic heterocycles. The summed E-state index contributed by atoms with van der Waals surface area (Å²) in [7, 11) is 0. The zero-order valence-electron chi connectivity index (χ0n) is 11.8. The molecule has 1 saturated carbocycles. The Morgan fingerprint density at radius 2 is 2.11 bits per heavy atom. The molecule has 1 saturated heterocycles. The van der Waals surface area contributed by atoms with E-state index in [2.05, 4.69) is 24.0 Å². The van der Waals surface area contributed by atoms with Gasteiger partial charge in [0.2, 0.25) is 0 Å². The van der Waals surface area contributed by atoms with E-state index < -0.39 is 0 Å². The van der Waals surface area contributed by atoms with E-state index in [-0.39, 0.29) is 0 Å². The molecule has 2 unspecified atom stereocenters. The first-order valence-electron chi connectivity index (χ1n) is 7.79. The summed E-state index contributed by atoms with van der Waals surface area (Å²) in [4.78, 5) is 0. The van der Waals surface area contributed by atoms with Gasteiger partial charge in [0, 0.05) is 24.3 Å². The maximum atomic E-state index is 5.55. The van der Waals surface area contributed by atoms with E-state index >= 15 is 0 Å². The van der Waals surface area contributed by atoms with Gasteiger partial charge in [-0.15, -0.1) is 0 Å². The fourth-order valence-corrected chi connectivity index (χ4v) is 4.55. The molecule has 0 aromatic rings. The van der Waals surface area contributed by atoms with Gasteiger partial charge in [0.1, 0.15) is 0 Å². The van der Waals surface area contributed by atoms with Gasteiger partial charge < -0.3 is 10.1 Å². The van der Waals surface area contributed by atoms with Crippen molar-refractivity contribution in [2.75, 3.05) is 31.3 Å². The second-order valence-corrected chi connectivity index (χ2v) is 6.95. The van der Waals surface area contributed by atoms with Crippen LogP contribution in [0.1, 0.15) is 45.4 Å². The molecule has 106 valence electrons. The van der Waals surface area contributed by atoms with Crippen LogP contribution in [0, 0.1) is 11.8 Å². The minimum Gasteiger partial charge on any atom is -0.381 e. The predicted octanol–water partition coefficient (Wildman–Crippen LogP) is 3.31. The molecule has 0 spiro atoms. The molecule has 0 bridgehead atoms. The van der Waals surface area contributed by atoms with Crippen molar-refractivity contribution >= 4 is 11.8 Å². The van der Waals surface area contributed by atoms with Crippen LogP contribution in [0.15, 0.2) is 0 Å². The highest BCUT2D eigenvalue weighted by molar-refractivity contribution is 7.99. The van der Waals surface area contributed by atoms with Crippen LogP contribution < -0.4 is 5.32 Å². The third kappa shape index (κ3) is 4.75. The Morgan fingerprint density at radius 1 is 1.28 bits per heavy atom. The van der Waals surface area contributed by atoms with Crippen molar-refractivity contribution in [3.63, 3.8) is 0 Å². The molecule has 0 aromatic carbocycles. The first-order chi connectivity index (χ1) is 8.90. The predicted molar refractivity (Wildman–Crippen MR) is 80.3 cm³/mol. The first-order valence-corrected chi connectivity index (χ1v) is 8.94. The van der Waals surface area contributed by atoms with Crippen molar-refractivity contribution in [1.29, 1.82) is 0 Å². The molecule has 1 heterocycles. The number of nitrogens with one attached hydrogen (secondary N) is 1. The number of thioether (sulfide) groups is 1. The average Bonchev–Trinajstić information content (AvgIpc) is 3.05. The van der Waals surface area contributed by atoms with Gasteiger partial charge in [-0.3, -0.25) is 0 Å². The lowest BCUT2D eigenvalue weighted by atomic mass is 10.0. The third-order valence-electron chi connectivity index (χ3n) is 4.32. The van der Waals surface area contributed by atoms with Crippen molar-refractivity contribution in [3.05, 3.63) is 0 Å². The number of rotatable bonds is 8. The van der Waals surface area contributed by atoms with Crippen LogP contribution in [0.25, 0.3) is 0 Å².